The van der Waals surface area contributed by atoms with Gasteiger partial charge in [-0.15, -0.1) is 5.10 Å². The van der Waals surface area contributed by atoms with Crippen molar-refractivity contribution < 1.29 is 4.79 Å². The van der Waals surface area contributed by atoms with Gasteiger partial charge in [0.25, 0.3) is 5.91 Å². The van der Waals surface area contributed by atoms with Crippen molar-refractivity contribution in [3.8, 4) is 6.07 Å². The van der Waals surface area contributed by atoms with Crippen LogP contribution < -0.4 is 16.9 Å². The normalized spacial score (nSPS) is 10.9. The third kappa shape index (κ3) is 5.67. The molecule has 7 nitrogen and oxygen atoms in total. The summed E-state index contributed by atoms with van der Waals surface area (Å²) >= 11 is 0. The first-order valence-corrected chi connectivity index (χ1v) is 9.33. The maximum Gasteiger partial charge on any atom is 0.251 e. The van der Waals surface area contributed by atoms with E-state index in [4.69, 9.17) is 16.8 Å². The molecule has 0 bridgehead atoms. The van der Waals surface area contributed by atoms with E-state index in [0.717, 1.165) is 11.1 Å². The molecule has 0 saturated heterocycles. The van der Waals surface area contributed by atoms with Crippen molar-refractivity contribution in [2.75, 3.05) is 0 Å². The number of nitriles is 1. The van der Waals surface area contributed by atoms with Gasteiger partial charge >= 0.3 is 0 Å². The second-order valence-corrected chi connectivity index (χ2v) is 6.64. The van der Waals surface area contributed by atoms with Gasteiger partial charge in [-0.05, 0) is 35.4 Å². The lowest BCUT2D eigenvalue weighted by molar-refractivity contribution is 0.0951. The fourth-order valence-electron chi connectivity index (χ4n) is 2.80. The number of amidine groups is 1. The van der Waals surface area contributed by atoms with Gasteiger partial charge in [-0.25, -0.2) is 11.0 Å². The molecule has 0 atom stereocenters. The monoisotopic (exact) mass is 398 g/mol. The minimum absolute atomic E-state index is 0.198. The molecule has 0 heterocycles. The molecule has 0 radical (unpaired) electrons. The fourth-order valence-corrected chi connectivity index (χ4v) is 2.80. The Morgan fingerprint density at radius 2 is 1.67 bits per heavy atom. The van der Waals surface area contributed by atoms with Crippen molar-refractivity contribution in [1.82, 2.24) is 10.4 Å². The van der Waals surface area contributed by atoms with Gasteiger partial charge < -0.3 is 11.1 Å². The minimum atomic E-state index is -0.198. The predicted molar refractivity (Wildman–Crippen MR) is 116 cm³/mol. The summed E-state index contributed by atoms with van der Waals surface area (Å²) < 4.78 is 0. The first kappa shape index (κ1) is 20.6. The van der Waals surface area contributed by atoms with Crippen LogP contribution in [0.3, 0.4) is 0 Å². The molecule has 3 aromatic rings. The van der Waals surface area contributed by atoms with Gasteiger partial charge in [0.1, 0.15) is 0 Å². The molecule has 0 aliphatic carbocycles. The zero-order valence-corrected chi connectivity index (χ0v) is 16.3. The lowest BCUT2D eigenvalue weighted by Gasteiger charge is -2.14. The second kappa shape index (κ2) is 9.87. The third-order valence-corrected chi connectivity index (χ3v) is 4.38. The molecule has 3 aromatic carbocycles. The molecule has 5 N–H and O–H groups in total. The average Bonchev–Trinajstić information content (AvgIpc) is 2.78. The van der Waals surface area contributed by atoms with Crippen molar-refractivity contribution in [1.29, 1.82) is 5.26 Å². The van der Waals surface area contributed by atoms with Gasteiger partial charge in [0, 0.05) is 17.7 Å². The summed E-state index contributed by atoms with van der Waals surface area (Å²) in [6.45, 7) is 0.762. The third-order valence-electron chi connectivity index (χ3n) is 4.38. The number of rotatable bonds is 7. The van der Waals surface area contributed by atoms with Gasteiger partial charge in [0.2, 0.25) is 0 Å². The Balaban J connectivity index is 1.64. The summed E-state index contributed by atoms with van der Waals surface area (Å²) in [5.74, 6) is 5.95. The number of carbonyl (C=O) groups is 1. The summed E-state index contributed by atoms with van der Waals surface area (Å²) in [5, 5.41) is 17.2. The highest BCUT2D eigenvalue weighted by molar-refractivity contribution is 6.01. The van der Waals surface area contributed by atoms with E-state index in [0.29, 0.717) is 29.8 Å². The molecule has 0 fully saturated rings. The van der Waals surface area contributed by atoms with E-state index >= 15 is 0 Å². The van der Waals surface area contributed by atoms with Crippen LogP contribution in [0.5, 0.6) is 0 Å². The van der Waals surface area contributed by atoms with Crippen LogP contribution in [0, 0.1) is 11.3 Å². The van der Waals surface area contributed by atoms with Crippen LogP contribution in [0.2, 0.25) is 0 Å². The van der Waals surface area contributed by atoms with Crippen LogP contribution >= 0.6 is 0 Å². The molecule has 0 aliphatic rings. The summed E-state index contributed by atoms with van der Waals surface area (Å²) in [6, 6.07) is 25.7. The predicted octanol–water partition coefficient (Wildman–Crippen LogP) is 2.48. The maximum absolute atomic E-state index is 12.5. The highest BCUT2D eigenvalue weighted by Crippen LogP contribution is 2.09. The van der Waals surface area contributed by atoms with E-state index in [-0.39, 0.29) is 11.7 Å². The van der Waals surface area contributed by atoms with E-state index in [1.807, 2.05) is 42.5 Å². The number of hydrogen-bond donors (Lipinski definition) is 3. The largest absolute Gasteiger partial charge is 0.382 e. The highest BCUT2D eigenvalue weighted by Gasteiger charge is 2.09. The lowest BCUT2D eigenvalue weighted by Crippen LogP contribution is -2.29. The molecule has 0 spiro atoms. The number of amides is 1. The van der Waals surface area contributed by atoms with Crippen LogP contribution in [-0.2, 0) is 13.1 Å². The second-order valence-electron chi connectivity index (χ2n) is 6.64. The molecule has 30 heavy (non-hydrogen) atoms. The van der Waals surface area contributed by atoms with Gasteiger partial charge in [-0.2, -0.15) is 5.26 Å². The highest BCUT2D eigenvalue weighted by atomic mass is 16.1. The summed E-state index contributed by atoms with van der Waals surface area (Å²) in [6.07, 6.45) is 0. The average molecular weight is 398 g/mol. The molecule has 0 aliphatic heterocycles. The summed E-state index contributed by atoms with van der Waals surface area (Å²) in [5.41, 5.74) is 9.65. The van der Waals surface area contributed by atoms with Crippen molar-refractivity contribution in [3.05, 3.63) is 107 Å². The quantitative estimate of drug-likeness (QED) is 0.244. The molecule has 1 amide bonds. The van der Waals surface area contributed by atoms with E-state index in [1.54, 1.807) is 36.4 Å². The van der Waals surface area contributed by atoms with Crippen molar-refractivity contribution in [3.63, 3.8) is 0 Å². The number of carbonyl (C=O) groups excluding carboxylic acids is 1. The van der Waals surface area contributed by atoms with Gasteiger partial charge in [0.15, 0.2) is 5.84 Å². The van der Waals surface area contributed by atoms with Crippen LogP contribution in [0.15, 0.2) is 84.0 Å². The van der Waals surface area contributed by atoms with E-state index in [9.17, 15) is 4.79 Å². The summed E-state index contributed by atoms with van der Waals surface area (Å²) in [7, 11) is 0. The number of nitrogens with one attached hydrogen (secondary N) is 1. The smallest absolute Gasteiger partial charge is 0.251 e. The zero-order chi connectivity index (χ0) is 21.3. The van der Waals surface area contributed by atoms with Crippen LogP contribution in [0.4, 0.5) is 0 Å². The maximum atomic E-state index is 12.5. The fraction of sp³-hybridized carbons (Fsp3) is 0.0870. The van der Waals surface area contributed by atoms with Crippen LogP contribution in [0.25, 0.3) is 0 Å². The number of nitrogens with two attached hydrogens (primary N) is 2. The molecule has 0 saturated carbocycles. The Hall–Kier alpha value is -4.15. The first-order chi connectivity index (χ1) is 14.5. The zero-order valence-electron chi connectivity index (χ0n) is 16.3. The van der Waals surface area contributed by atoms with Crippen molar-refractivity contribution in [2.45, 2.75) is 13.1 Å². The Morgan fingerprint density at radius 1 is 0.967 bits per heavy atom. The Bertz CT molecular complexity index is 1070. The van der Waals surface area contributed by atoms with E-state index < -0.39 is 0 Å². The minimum Gasteiger partial charge on any atom is -0.382 e. The molecule has 150 valence electrons. The number of nitrogens with zero attached hydrogens (tertiary/aromatic N) is 3. The lowest BCUT2D eigenvalue weighted by atomic mass is 10.1. The number of hydrazone groups is 1. The van der Waals surface area contributed by atoms with Gasteiger partial charge in [-0.3, -0.25) is 4.79 Å². The molecule has 3 rings (SSSR count). The van der Waals surface area contributed by atoms with E-state index in [2.05, 4.69) is 16.5 Å². The van der Waals surface area contributed by atoms with E-state index in [1.165, 1.54) is 5.12 Å². The molecule has 7 heteroatoms. The standard InChI is InChI=1S/C23H22N6O/c24-14-17-9-11-19(12-10-17)16-29(26)28-22(25)20-7-4-8-21(13-20)23(30)27-15-18-5-2-1-3-6-18/h1-13H,15-16,26H2,(H2,25,28)(H,27,30). The topological polar surface area (TPSA) is 121 Å². The molecule has 0 aromatic heterocycles. The van der Waals surface area contributed by atoms with Crippen molar-refractivity contribution >= 4 is 11.7 Å². The molecule has 0 unspecified atom stereocenters. The number of hydrazine groups is 1. The molecular formula is C23H22N6O. The van der Waals surface area contributed by atoms with Crippen LogP contribution in [-0.4, -0.2) is 16.9 Å². The number of hydrogen-bond acceptors (Lipinski definition) is 5. The Morgan fingerprint density at radius 3 is 2.37 bits per heavy atom. The SMILES string of the molecule is N#Cc1ccc(CN(N)/N=C(\N)c2cccc(C(=O)NCc3ccccc3)c2)cc1. The Labute approximate surface area is 175 Å². The van der Waals surface area contributed by atoms with Gasteiger partial charge in [-0.1, -0.05) is 54.6 Å². The molecular weight excluding hydrogens is 376 g/mol. The number of benzene rings is 3. The van der Waals surface area contributed by atoms with Crippen molar-refractivity contribution in [2.24, 2.45) is 16.7 Å². The Kier molecular flexibility index (Phi) is 6.77. The van der Waals surface area contributed by atoms with Gasteiger partial charge in [0.05, 0.1) is 18.2 Å². The first-order valence-electron chi connectivity index (χ1n) is 9.33. The summed E-state index contributed by atoms with van der Waals surface area (Å²) in [4.78, 5) is 12.5. The van der Waals surface area contributed by atoms with Crippen LogP contribution in [0.1, 0.15) is 32.6 Å².